The third kappa shape index (κ3) is 1.98. The summed E-state index contributed by atoms with van der Waals surface area (Å²) < 4.78 is 0. The zero-order valence-corrected chi connectivity index (χ0v) is 8.47. The first-order valence-corrected chi connectivity index (χ1v) is 4.78. The van der Waals surface area contributed by atoms with E-state index in [9.17, 15) is 4.79 Å². The highest BCUT2D eigenvalue weighted by molar-refractivity contribution is 5.85. The van der Waals surface area contributed by atoms with E-state index in [0.29, 0.717) is 0 Å². The molecule has 0 radical (unpaired) electrons. The summed E-state index contributed by atoms with van der Waals surface area (Å²) in [6.45, 7) is 0.981. The van der Waals surface area contributed by atoms with Crippen LogP contribution < -0.4 is 4.90 Å². The van der Waals surface area contributed by atoms with Crippen LogP contribution in [0.3, 0.4) is 0 Å². The molecule has 0 fully saturated rings. The first-order chi connectivity index (χ1) is 7.16. The van der Waals surface area contributed by atoms with Gasteiger partial charge in [0.05, 0.1) is 0 Å². The second kappa shape index (κ2) is 3.73. The summed E-state index contributed by atoms with van der Waals surface area (Å²) in [7, 11) is 2.01. The van der Waals surface area contributed by atoms with Crippen LogP contribution in [0.25, 0.3) is 6.08 Å². The molecular weight excluding hydrogens is 192 g/mol. The Balaban J connectivity index is 2.27. The van der Waals surface area contributed by atoms with Crippen LogP contribution in [-0.4, -0.2) is 29.7 Å². The number of hydrogen-bond donors (Lipinski definition) is 1. The van der Waals surface area contributed by atoms with E-state index < -0.39 is 5.97 Å². The third-order valence-corrected chi connectivity index (χ3v) is 2.46. The van der Waals surface area contributed by atoms with Gasteiger partial charge in [-0.3, -0.25) is 0 Å². The lowest BCUT2D eigenvalue weighted by molar-refractivity contribution is -0.131. The molecule has 0 amide bonds. The van der Waals surface area contributed by atoms with Crippen molar-refractivity contribution in [1.29, 1.82) is 0 Å². The Morgan fingerprint density at radius 3 is 3.20 bits per heavy atom. The van der Waals surface area contributed by atoms with E-state index in [1.165, 1.54) is 5.56 Å². The van der Waals surface area contributed by atoms with Crippen molar-refractivity contribution in [3.63, 3.8) is 0 Å². The van der Waals surface area contributed by atoms with Crippen LogP contribution in [0.4, 0.5) is 5.82 Å². The van der Waals surface area contributed by atoms with Crippen molar-refractivity contribution in [2.24, 2.45) is 0 Å². The largest absolute Gasteiger partial charge is 0.478 e. The maximum atomic E-state index is 10.3. The lowest BCUT2D eigenvalue weighted by Crippen LogP contribution is -2.13. The topological polar surface area (TPSA) is 53.4 Å². The maximum Gasteiger partial charge on any atom is 0.328 e. The molecule has 1 aromatic heterocycles. The monoisotopic (exact) mass is 204 g/mol. The number of rotatable bonds is 2. The van der Waals surface area contributed by atoms with Gasteiger partial charge in [0, 0.05) is 25.9 Å². The van der Waals surface area contributed by atoms with Gasteiger partial charge < -0.3 is 10.0 Å². The van der Waals surface area contributed by atoms with E-state index in [-0.39, 0.29) is 0 Å². The van der Waals surface area contributed by atoms with Crippen molar-refractivity contribution >= 4 is 17.9 Å². The average Bonchev–Trinajstić information content (AvgIpc) is 2.57. The van der Waals surface area contributed by atoms with E-state index in [0.717, 1.165) is 30.4 Å². The van der Waals surface area contributed by atoms with Crippen LogP contribution in [0.15, 0.2) is 18.3 Å². The molecule has 2 rings (SSSR count). The summed E-state index contributed by atoms with van der Waals surface area (Å²) in [5.41, 5.74) is 2.02. The molecule has 1 aromatic rings. The third-order valence-electron chi connectivity index (χ3n) is 2.46. The molecule has 1 N–H and O–H groups in total. The van der Waals surface area contributed by atoms with Crippen LogP contribution in [-0.2, 0) is 11.2 Å². The molecule has 78 valence electrons. The number of hydrogen-bond acceptors (Lipinski definition) is 3. The van der Waals surface area contributed by atoms with Crippen molar-refractivity contribution in [1.82, 2.24) is 4.98 Å². The summed E-state index contributed by atoms with van der Waals surface area (Å²) in [6, 6.07) is 1.99. The second-order valence-corrected chi connectivity index (χ2v) is 3.59. The molecule has 4 heteroatoms. The number of aliphatic carboxylic acids is 1. The fourth-order valence-corrected chi connectivity index (χ4v) is 1.70. The molecule has 0 atom stereocenters. The van der Waals surface area contributed by atoms with Gasteiger partial charge in [0.15, 0.2) is 0 Å². The van der Waals surface area contributed by atoms with Crippen LogP contribution in [0.2, 0.25) is 0 Å². The van der Waals surface area contributed by atoms with Crippen LogP contribution >= 0.6 is 0 Å². The minimum atomic E-state index is -0.937. The fraction of sp³-hybridized carbons (Fsp3) is 0.273. The van der Waals surface area contributed by atoms with Gasteiger partial charge >= 0.3 is 5.97 Å². The molecule has 0 spiro atoms. The first-order valence-electron chi connectivity index (χ1n) is 4.78. The molecule has 0 aromatic carbocycles. The minimum absolute atomic E-state index is 0.839. The summed E-state index contributed by atoms with van der Waals surface area (Å²) >= 11 is 0. The number of likely N-dealkylation sites (N-methyl/N-ethyl adjacent to an activating group) is 1. The van der Waals surface area contributed by atoms with Gasteiger partial charge in [-0.15, -0.1) is 0 Å². The predicted octanol–water partition coefficient (Wildman–Crippen LogP) is 1.17. The van der Waals surface area contributed by atoms with Gasteiger partial charge in [0.1, 0.15) is 5.82 Å². The smallest absolute Gasteiger partial charge is 0.328 e. The highest BCUT2D eigenvalue weighted by Gasteiger charge is 2.16. The number of anilines is 1. The van der Waals surface area contributed by atoms with Gasteiger partial charge in [-0.05, 0) is 29.7 Å². The molecule has 2 heterocycles. The molecular formula is C11H12N2O2. The molecule has 0 aliphatic carbocycles. The standard InChI is InChI=1S/C11H12N2O2/c1-13-5-4-9-6-8(2-3-10(14)15)7-12-11(9)13/h2-3,6-7H,4-5H2,1H3,(H,14,15)/b3-2+. The fourth-order valence-electron chi connectivity index (χ4n) is 1.70. The lowest BCUT2D eigenvalue weighted by Gasteiger charge is -2.09. The van der Waals surface area contributed by atoms with E-state index >= 15 is 0 Å². The van der Waals surface area contributed by atoms with Gasteiger partial charge in [-0.25, -0.2) is 9.78 Å². The number of nitrogens with zero attached hydrogens (tertiary/aromatic N) is 2. The van der Waals surface area contributed by atoms with E-state index in [1.54, 1.807) is 12.3 Å². The Labute approximate surface area is 87.9 Å². The highest BCUT2D eigenvalue weighted by Crippen LogP contribution is 2.24. The molecule has 0 saturated heterocycles. The number of carboxylic acids is 1. The number of carboxylic acid groups (broad SMARTS) is 1. The molecule has 1 aliphatic rings. The van der Waals surface area contributed by atoms with E-state index in [2.05, 4.69) is 9.88 Å². The number of fused-ring (bicyclic) bond motifs is 1. The minimum Gasteiger partial charge on any atom is -0.478 e. The van der Waals surface area contributed by atoms with Gasteiger partial charge in [0.25, 0.3) is 0 Å². The van der Waals surface area contributed by atoms with E-state index in [1.807, 2.05) is 13.1 Å². The second-order valence-electron chi connectivity index (χ2n) is 3.59. The predicted molar refractivity (Wildman–Crippen MR) is 57.9 cm³/mol. The Morgan fingerprint density at radius 2 is 2.47 bits per heavy atom. The normalized spacial score (nSPS) is 14.6. The highest BCUT2D eigenvalue weighted by atomic mass is 16.4. The van der Waals surface area contributed by atoms with Crippen molar-refractivity contribution in [2.75, 3.05) is 18.5 Å². The van der Waals surface area contributed by atoms with Gasteiger partial charge in [0.2, 0.25) is 0 Å². The van der Waals surface area contributed by atoms with E-state index in [4.69, 9.17) is 5.11 Å². The van der Waals surface area contributed by atoms with Crippen molar-refractivity contribution < 1.29 is 9.90 Å². The van der Waals surface area contributed by atoms with Crippen LogP contribution in [0, 0.1) is 0 Å². The Morgan fingerprint density at radius 1 is 1.67 bits per heavy atom. The molecule has 0 unspecified atom stereocenters. The van der Waals surface area contributed by atoms with Crippen LogP contribution in [0.5, 0.6) is 0 Å². The average molecular weight is 204 g/mol. The molecule has 4 nitrogen and oxygen atoms in total. The number of aromatic nitrogens is 1. The SMILES string of the molecule is CN1CCc2cc(/C=C/C(=O)O)cnc21. The zero-order chi connectivity index (χ0) is 10.8. The quantitative estimate of drug-likeness (QED) is 0.735. The number of pyridine rings is 1. The Bertz CT molecular complexity index is 427. The van der Waals surface area contributed by atoms with Gasteiger partial charge in [-0.1, -0.05) is 0 Å². The summed E-state index contributed by atoms with van der Waals surface area (Å²) in [4.78, 5) is 16.7. The molecule has 0 saturated carbocycles. The number of carbonyl (C=O) groups is 1. The van der Waals surface area contributed by atoms with Crippen molar-refractivity contribution in [3.05, 3.63) is 29.5 Å². The summed E-state index contributed by atoms with van der Waals surface area (Å²) in [5, 5.41) is 8.49. The zero-order valence-electron chi connectivity index (χ0n) is 8.47. The maximum absolute atomic E-state index is 10.3. The van der Waals surface area contributed by atoms with Crippen LogP contribution in [0.1, 0.15) is 11.1 Å². The molecule has 1 aliphatic heterocycles. The Hall–Kier alpha value is -1.84. The van der Waals surface area contributed by atoms with Crippen molar-refractivity contribution in [2.45, 2.75) is 6.42 Å². The molecule has 0 bridgehead atoms. The summed E-state index contributed by atoms with van der Waals surface area (Å²) in [5.74, 6) is 0.0649. The summed E-state index contributed by atoms with van der Waals surface area (Å²) in [6.07, 6.45) is 5.36. The lowest BCUT2D eigenvalue weighted by atomic mass is 10.1. The van der Waals surface area contributed by atoms with Crippen molar-refractivity contribution in [3.8, 4) is 0 Å². The Kier molecular flexibility index (Phi) is 2.41. The first kappa shape index (κ1) is 9.71. The van der Waals surface area contributed by atoms with Gasteiger partial charge in [-0.2, -0.15) is 0 Å². The molecule has 15 heavy (non-hydrogen) atoms.